The summed E-state index contributed by atoms with van der Waals surface area (Å²) in [4.78, 5) is 37.8. The van der Waals surface area contributed by atoms with Crippen LogP contribution in [0.2, 0.25) is 0 Å². The molecule has 0 spiro atoms. The maximum absolute atomic E-state index is 11.7. The smallest absolute Gasteiger partial charge is 0.150 e. The Morgan fingerprint density at radius 1 is 0.353 bits per heavy atom. The van der Waals surface area contributed by atoms with E-state index >= 15 is 0 Å². The van der Waals surface area contributed by atoms with Gasteiger partial charge < -0.3 is 14.7 Å². The molecule has 6 aromatic carbocycles. The van der Waals surface area contributed by atoms with Crippen LogP contribution in [0.4, 0.5) is 34.1 Å². The van der Waals surface area contributed by atoms with Crippen molar-refractivity contribution in [2.24, 2.45) is 0 Å². The lowest BCUT2D eigenvalue weighted by Gasteiger charge is -2.33. The quantitative estimate of drug-likeness (QED) is 0.0509. The Bertz CT molecular complexity index is 2760. The monoisotopic (exact) mass is 949 g/mol. The number of aldehydes is 2. The lowest BCUT2D eigenvalue weighted by atomic mass is 10.1. The van der Waals surface area contributed by atoms with Crippen LogP contribution >= 0.6 is 35.3 Å². The molecule has 0 atom stereocenters. The molecule has 3 aliphatic heterocycles. The molecule has 0 saturated carbocycles. The molecule has 0 unspecified atom stereocenters. The van der Waals surface area contributed by atoms with Crippen molar-refractivity contribution in [3.05, 3.63) is 143 Å². The Labute approximate surface area is 416 Å². The Kier molecular flexibility index (Phi) is 15.7. The Balaban J connectivity index is 0.966. The summed E-state index contributed by atoms with van der Waals surface area (Å²) in [5, 5.41) is 0. The molecular formula is C60H59N3O2S3. The average Bonchev–Trinajstić information content (AvgIpc) is 3.37. The third-order valence-electron chi connectivity index (χ3n) is 12.9. The predicted molar refractivity (Wildman–Crippen MR) is 287 cm³/mol. The second-order valence-corrected chi connectivity index (χ2v) is 21.1. The van der Waals surface area contributed by atoms with Gasteiger partial charge in [-0.15, -0.1) is 0 Å². The van der Waals surface area contributed by atoms with Crippen LogP contribution in [0.3, 0.4) is 0 Å². The van der Waals surface area contributed by atoms with E-state index in [9.17, 15) is 9.59 Å². The SMILES string of the molecule is CCCCCCN1c2ccc(C#Cc3ccc4c(c3)Sc3cc(C=O)ccc3N4CCCCCC)cc2Sc2cc(C#Cc3ccc4c(c3)Sc3cc(C=O)ccc3N4CCCCCC)ccc21. The van der Waals surface area contributed by atoms with E-state index in [0.717, 1.165) is 83.5 Å². The van der Waals surface area contributed by atoms with Gasteiger partial charge in [-0.1, -0.05) is 138 Å². The maximum atomic E-state index is 11.7. The zero-order valence-corrected chi connectivity index (χ0v) is 42.0. The summed E-state index contributed by atoms with van der Waals surface area (Å²) in [5.41, 5.74) is 12.5. The van der Waals surface area contributed by atoms with E-state index in [-0.39, 0.29) is 0 Å². The van der Waals surface area contributed by atoms with Gasteiger partial charge in [-0.25, -0.2) is 0 Å². The molecule has 0 fully saturated rings. The number of fused-ring (bicyclic) bond motifs is 6. The second-order valence-electron chi connectivity index (χ2n) is 17.9. The van der Waals surface area contributed by atoms with Crippen molar-refractivity contribution in [2.45, 2.75) is 127 Å². The van der Waals surface area contributed by atoms with Gasteiger partial charge in [-0.2, -0.15) is 0 Å². The number of hydrogen-bond acceptors (Lipinski definition) is 8. The molecule has 0 N–H and O–H groups in total. The first-order chi connectivity index (χ1) is 33.5. The summed E-state index contributed by atoms with van der Waals surface area (Å²) in [6.07, 6.45) is 16.2. The minimum Gasteiger partial charge on any atom is -0.340 e. The number of benzene rings is 6. The molecule has 9 rings (SSSR count). The fourth-order valence-corrected chi connectivity index (χ4v) is 12.8. The molecular weight excluding hydrogens is 891 g/mol. The molecule has 6 aromatic rings. The Morgan fingerprint density at radius 2 is 0.618 bits per heavy atom. The Morgan fingerprint density at radius 3 is 0.882 bits per heavy atom. The van der Waals surface area contributed by atoms with Crippen LogP contribution in [0.15, 0.2) is 139 Å². The van der Waals surface area contributed by atoms with Crippen LogP contribution in [0.5, 0.6) is 0 Å². The molecule has 0 aliphatic carbocycles. The van der Waals surface area contributed by atoms with Gasteiger partial charge in [0.05, 0.1) is 34.1 Å². The van der Waals surface area contributed by atoms with Gasteiger partial charge in [-0.05, 0) is 128 Å². The first kappa shape index (κ1) is 47.3. The van der Waals surface area contributed by atoms with E-state index in [4.69, 9.17) is 0 Å². The number of anilines is 6. The molecule has 3 heterocycles. The van der Waals surface area contributed by atoms with Crippen molar-refractivity contribution in [2.75, 3.05) is 34.3 Å². The van der Waals surface area contributed by atoms with E-state index in [1.165, 1.54) is 111 Å². The van der Waals surface area contributed by atoms with Crippen molar-refractivity contribution < 1.29 is 9.59 Å². The summed E-state index contributed by atoms with van der Waals surface area (Å²) in [7, 11) is 0. The van der Waals surface area contributed by atoms with Crippen molar-refractivity contribution in [3.8, 4) is 23.7 Å². The fraction of sp³-hybridized carbons (Fsp3) is 0.300. The molecule has 5 nitrogen and oxygen atoms in total. The highest BCUT2D eigenvalue weighted by Gasteiger charge is 2.27. The highest BCUT2D eigenvalue weighted by molar-refractivity contribution is 8.00. The molecule has 0 bridgehead atoms. The van der Waals surface area contributed by atoms with Gasteiger partial charge in [0, 0.05) is 82.4 Å². The third-order valence-corrected chi connectivity index (χ3v) is 16.2. The lowest BCUT2D eigenvalue weighted by molar-refractivity contribution is 0.111. The van der Waals surface area contributed by atoms with Crippen LogP contribution in [0, 0.1) is 23.7 Å². The minimum absolute atomic E-state index is 0.701. The topological polar surface area (TPSA) is 43.9 Å². The second kappa shape index (κ2) is 22.6. The zero-order chi connectivity index (χ0) is 46.8. The first-order valence-electron chi connectivity index (χ1n) is 24.6. The standard InChI is InChI=1S/C60H59N3O2S3/c1-4-7-10-13-32-61-49-26-20-43(16-18-45-22-28-51-57(37-45)67-59-39-47(41-64)24-30-53(59)62(51)33-14-11-8-5-2)35-55(49)66-56-36-44(21-27-50(56)61)17-19-46-23-29-52-58(38-46)68-60-40-48(42-65)25-31-54(60)63(52)34-15-12-9-6-3/h20-31,35-42H,4-15,32-34H2,1-3H3. The van der Waals surface area contributed by atoms with Crippen LogP contribution in [0.1, 0.15) is 141 Å². The molecule has 344 valence electrons. The predicted octanol–water partition coefficient (Wildman–Crippen LogP) is 16.7. The van der Waals surface area contributed by atoms with Gasteiger partial charge in [0.2, 0.25) is 0 Å². The maximum Gasteiger partial charge on any atom is 0.150 e. The van der Waals surface area contributed by atoms with Crippen LogP contribution in [0.25, 0.3) is 0 Å². The summed E-state index contributed by atoms with van der Waals surface area (Å²) < 4.78 is 0. The average molecular weight is 950 g/mol. The van der Waals surface area contributed by atoms with Crippen molar-refractivity contribution >= 4 is 82.0 Å². The van der Waals surface area contributed by atoms with Crippen LogP contribution < -0.4 is 14.7 Å². The highest BCUT2D eigenvalue weighted by Crippen LogP contribution is 2.51. The summed E-state index contributed by atoms with van der Waals surface area (Å²) in [6, 6.07) is 38.6. The molecule has 3 aliphatic rings. The van der Waals surface area contributed by atoms with E-state index in [0.29, 0.717) is 11.1 Å². The Hall–Kier alpha value is -5.77. The van der Waals surface area contributed by atoms with Crippen LogP contribution in [-0.4, -0.2) is 32.2 Å². The van der Waals surface area contributed by atoms with Gasteiger partial charge in [0.15, 0.2) is 0 Å². The minimum atomic E-state index is 0.701. The number of nitrogens with zero attached hydrogens (tertiary/aromatic N) is 3. The van der Waals surface area contributed by atoms with Crippen molar-refractivity contribution in [1.82, 2.24) is 0 Å². The molecule has 0 radical (unpaired) electrons. The van der Waals surface area contributed by atoms with Crippen molar-refractivity contribution in [1.29, 1.82) is 0 Å². The third kappa shape index (κ3) is 10.7. The normalized spacial score (nSPS) is 12.8. The number of hydrogen-bond donors (Lipinski definition) is 0. The molecule has 0 saturated heterocycles. The first-order valence-corrected chi connectivity index (χ1v) is 27.1. The summed E-state index contributed by atoms with van der Waals surface area (Å²) in [5.74, 6) is 14.1. The summed E-state index contributed by atoms with van der Waals surface area (Å²) in [6.45, 7) is 9.60. The van der Waals surface area contributed by atoms with Crippen molar-refractivity contribution in [3.63, 3.8) is 0 Å². The number of carbonyl (C=O) groups excluding carboxylic acids is 2. The van der Waals surface area contributed by atoms with E-state index in [1.807, 2.05) is 24.3 Å². The molecule has 68 heavy (non-hydrogen) atoms. The van der Waals surface area contributed by atoms with Gasteiger partial charge in [-0.3, -0.25) is 9.59 Å². The van der Waals surface area contributed by atoms with E-state index in [2.05, 4.69) is 144 Å². The number of rotatable bonds is 17. The number of unbranched alkanes of at least 4 members (excludes halogenated alkanes) is 9. The zero-order valence-electron chi connectivity index (χ0n) is 39.5. The lowest BCUT2D eigenvalue weighted by Crippen LogP contribution is -2.22. The van der Waals surface area contributed by atoms with Gasteiger partial charge >= 0.3 is 0 Å². The van der Waals surface area contributed by atoms with Gasteiger partial charge in [0.1, 0.15) is 12.6 Å². The van der Waals surface area contributed by atoms with Crippen LogP contribution in [-0.2, 0) is 0 Å². The fourth-order valence-electron chi connectivity index (χ4n) is 9.25. The van der Waals surface area contributed by atoms with E-state index < -0.39 is 0 Å². The highest BCUT2D eigenvalue weighted by atomic mass is 32.2. The largest absolute Gasteiger partial charge is 0.340 e. The number of carbonyl (C=O) groups is 2. The van der Waals surface area contributed by atoms with E-state index in [1.54, 1.807) is 35.3 Å². The molecule has 0 aromatic heterocycles. The van der Waals surface area contributed by atoms with Gasteiger partial charge in [0.25, 0.3) is 0 Å². The molecule has 0 amide bonds. The summed E-state index contributed by atoms with van der Waals surface area (Å²) >= 11 is 5.26. The molecule has 8 heteroatoms.